The molecule has 0 atom stereocenters. The molecular formula is C9H15N3O2. The van der Waals surface area contributed by atoms with Crippen molar-refractivity contribution >= 4 is 11.6 Å². The van der Waals surface area contributed by atoms with Crippen molar-refractivity contribution in [2.45, 2.75) is 19.3 Å². The van der Waals surface area contributed by atoms with Gasteiger partial charge in [-0.2, -0.15) is 0 Å². The Morgan fingerprint density at radius 2 is 2.36 bits per heavy atom. The van der Waals surface area contributed by atoms with Crippen LogP contribution in [0.1, 0.15) is 19.3 Å². The summed E-state index contributed by atoms with van der Waals surface area (Å²) < 4.78 is 0. The Balaban J connectivity index is 2.32. The van der Waals surface area contributed by atoms with Gasteiger partial charge in [-0.3, -0.25) is 14.7 Å². The van der Waals surface area contributed by atoms with Crippen molar-refractivity contribution in [1.29, 1.82) is 0 Å². The summed E-state index contributed by atoms with van der Waals surface area (Å²) in [7, 11) is 1.79. The van der Waals surface area contributed by atoms with E-state index in [4.69, 9.17) is 0 Å². The van der Waals surface area contributed by atoms with E-state index >= 15 is 0 Å². The summed E-state index contributed by atoms with van der Waals surface area (Å²) in [6.07, 6.45) is 3.33. The number of carbonyl (C=O) groups excluding carboxylic acids is 1. The van der Waals surface area contributed by atoms with Gasteiger partial charge in [0.15, 0.2) is 0 Å². The summed E-state index contributed by atoms with van der Waals surface area (Å²) in [6, 6.07) is 0. The zero-order valence-corrected chi connectivity index (χ0v) is 8.40. The molecule has 0 saturated carbocycles. The van der Waals surface area contributed by atoms with Crippen LogP contribution >= 0.6 is 0 Å². The van der Waals surface area contributed by atoms with Crippen LogP contribution in [0.5, 0.6) is 0 Å². The second kappa shape index (κ2) is 5.59. The highest BCUT2D eigenvalue weighted by atomic mass is 16.3. The van der Waals surface area contributed by atoms with Crippen LogP contribution in [-0.2, 0) is 4.79 Å². The Kier molecular flexibility index (Phi) is 4.39. The van der Waals surface area contributed by atoms with Crippen LogP contribution in [0.4, 0.5) is 0 Å². The molecule has 78 valence electrons. The van der Waals surface area contributed by atoms with Gasteiger partial charge in [-0.1, -0.05) is 0 Å². The van der Waals surface area contributed by atoms with Crippen molar-refractivity contribution in [2.24, 2.45) is 10.2 Å². The first kappa shape index (κ1) is 11.0. The lowest BCUT2D eigenvalue weighted by atomic mass is 10.1. The van der Waals surface area contributed by atoms with Gasteiger partial charge < -0.3 is 0 Å². The van der Waals surface area contributed by atoms with Crippen LogP contribution in [0.15, 0.2) is 10.2 Å². The fourth-order valence-electron chi connectivity index (χ4n) is 1.51. The molecule has 5 heteroatoms. The number of nitroso groups, excluding NO2 is 1. The molecule has 0 aliphatic carbocycles. The Labute approximate surface area is 83.2 Å². The minimum atomic E-state index is -0.621. The second-order valence-electron chi connectivity index (χ2n) is 3.56. The Morgan fingerprint density at radius 1 is 1.57 bits per heavy atom. The molecular weight excluding hydrogens is 182 g/mol. The minimum Gasteiger partial charge on any atom is -0.293 e. The van der Waals surface area contributed by atoms with Crippen LogP contribution in [0, 0.1) is 4.91 Å². The lowest BCUT2D eigenvalue weighted by molar-refractivity contribution is -0.118. The van der Waals surface area contributed by atoms with Crippen LogP contribution in [0.2, 0.25) is 0 Å². The molecule has 1 aliphatic heterocycles. The minimum absolute atomic E-state index is 0.0858. The molecule has 1 heterocycles. The van der Waals surface area contributed by atoms with Gasteiger partial charge in [0.05, 0.1) is 6.54 Å². The molecule has 0 radical (unpaired) electrons. The number of carbonyl (C=O) groups is 1. The van der Waals surface area contributed by atoms with E-state index in [1.807, 2.05) is 0 Å². The summed E-state index contributed by atoms with van der Waals surface area (Å²) in [6.45, 7) is 1.65. The van der Waals surface area contributed by atoms with E-state index in [1.165, 1.54) is 6.42 Å². The predicted molar refractivity (Wildman–Crippen MR) is 54.5 cm³/mol. The predicted octanol–water partition coefficient (Wildman–Crippen LogP) is 0.836. The number of aliphatic imine (C=N–C) groups is 1. The molecule has 1 rings (SSSR count). The highest BCUT2D eigenvalue weighted by Crippen LogP contribution is 2.06. The van der Waals surface area contributed by atoms with Gasteiger partial charge in [0.25, 0.3) is 5.91 Å². The van der Waals surface area contributed by atoms with Gasteiger partial charge in [0.2, 0.25) is 0 Å². The summed E-state index contributed by atoms with van der Waals surface area (Å²) in [5.41, 5.74) is 1.12. The highest BCUT2D eigenvalue weighted by molar-refractivity contribution is 5.87. The molecule has 1 aliphatic rings. The Hall–Kier alpha value is -1.10. The zero-order valence-electron chi connectivity index (χ0n) is 8.40. The maximum Gasteiger partial charge on any atom is 0.300 e. The summed E-state index contributed by atoms with van der Waals surface area (Å²) in [5.74, 6) is -0.621. The van der Waals surface area contributed by atoms with Crippen LogP contribution in [0.3, 0.4) is 0 Å². The summed E-state index contributed by atoms with van der Waals surface area (Å²) in [4.78, 5) is 26.7. The van der Waals surface area contributed by atoms with Crippen molar-refractivity contribution in [3.05, 3.63) is 4.91 Å². The summed E-state index contributed by atoms with van der Waals surface area (Å²) in [5, 5.41) is 2.35. The second-order valence-corrected chi connectivity index (χ2v) is 3.56. The highest BCUT2D eigenvalue weighted by Gasteiger charge is 2.11. The SMILES string of the molecule is CN(CC(=O)N=O)CC1=NCCCC1. The molecule has 0 saturated heterocycles. The number of rotatable bonds is 4. The van der Waals surface area contributed by atoms with Crippen molar-refractivity contribution in [3.8, 4) is 0 Å². The van der Waals surface area contributed by atoms with E-state index in [9.17, 15) is 9.70 Å². The van der Waals surface area contributed by atoms with Gasteiger partial charge in [0, 0.05) is 24.0 Å². The number of hydrogen-bond acceptors (Lipinski definition) is 4. The van der Waals surface area contributed by atoms with Crippen LogP contribution < -0.4 is 0 Å². The van der Waals surface area contributed by atoms with E-state index in [0.717, 1.165) is 25.1 Å². The molecule has 5 nitrogen and oxygen atoms in total. The van der Waals surface area contributed by atoms with Crippen LogP contribution in [0.25, 0.3) is 0 Å². The Bertz CT molecular complexity index is 250. The van der Waals surface area contributed by atoms with E-state index in [2.05, 4.69) is 10.2 Å². The molecule has 14 heavy (non-hydrogen) atoms. The first-order valence-corrected chi connectivity index (χ1v) is 4.79. The molecule has 0 spiro atoms. The molecule has 0 bridgehead atoms. The summed E-state index contributed by atoms with van der Waals surface area (Å²) >= 11 is 0. The quantitative estimate of drug-likeness (QED) is 0.627. The first-order chi connectivity index (χ1) is 6.72. The Morgan fingerprint density at radius 3 is 2.93 bits per heavy atom. The zero-order chi connectivity index (χ0) is 10.4. The number of amides is 1. The van der Waals surface area contributed by atoms with Crippen molar-refractivity contribution in [3.63, 3.8) is 0 Å². The average molecular weight is 197 g/mol. The van der Waals surface area contributed by atoms with E-state index in [1.54, 1.807) is 11.9 Å². The maximum atomic E-state index is 10.7. The third-order valence-corrected chi connectivity index (χ3v) is 2.17. The first-order valence-electron chi connectivity index (χ1n) is 4.79. The normalized spacial score (nSPS) is 16.6. The molecule has 1 amide bonds. The van der Waals surface area contributed by atoms with Gasteiger partial charge in [-0.15, -0.1) is 4.91 Å². The standard InChI is InChI=1S/C9H15N3O2/c1-12(7-9(13)11-14)6-8-4-2-3-5-10-8/h2-7H2,1H3. The lowest BCUT2D eigenvalue weighted by Crippen LogP contribution is -2.31. The molecule has 0 unspecified atom stereocenters. The third-order valence-electron chi connectivity index (χ3n) is 2.17. The van der Waals surface area contributed by atoms with Crippen LogP contribution in [-0.4, -0.2) is 43.2 Å². The molecule has 0 aromatic rings. The monoisotopic (exact) mass is 197 g/mol. The number of hydrogen-bond donors (Lipinski definition) is 0. The van der Waals surface area contributed by atoms with Gasteiger partial charge in [-0.25, -0.2) is 0 Å². The molecule has 0 fully saturated rings. The topological polar surface area (TPSA) is 62.1 Å². The smallest absolute Gasteiger partial charge is 0.293 e. The van der Waals surface area contributed by atoms with E-state index < -0.39 is 5.91 Å². The van der Waals surface area contributed by atoms with Gasteiger partial charge in [0.1, 0.15) is 0 Å². The average Bonchev–Trinajstić information content (AvgIpc) is 2.19. The fraction of sp³-hybridized carbons (Fsp3) is 0.778. The van der Waals surface area contributed by atoms with Gasteiger partial charge >= 0.3 is 0 Å². The largest absolute Gasteiger partial charge is 0.300 e. The third kappa shape index (κ3) is 3.74. The van der Waals surface area contributed by atoms with E-state index in [0.29, 0.717) is 6.54 Å². The maximum absolute atomic E-state index is 10.7. The van der Waals surface area contributed by atoms with Gasteiger partial charge in [-0.05, 0) is 26.3 Å². The number of nitrogens with zero attached hydrogens (tertiary/aromatic N) is 3. The molecule has 0 aromatic carbocycles. The fourth-order valence-corrected chi connectivity index (χ4v) is 1.51. The van der Waals surface area contributed by atoms with Crippen molar-refractivity contribution in [2.75, 3.05) is 26.7 Å². The van der Waals surface area contributed by atoms with E-state index in [-0.39, 0.29) is 6.54 Å². The lowest BCUT2D eigenvalue weighted by Gasteiger charge is -2.18. The molecule has 0 N–H and O–H groups in total. The van der Waals surface area contributed by atoms with Crippen molar-refractivity contribution < 1.29 is 4.79 Å². The molecule has 0 aromatic heterocycles. The van der Waals surface area contributed by atoms with Crippen molar-refractivity contribution in [1.82, 2.24) is 4.90 Å². The number of likely N-dealkylation sites (N-methyl/N-ethyl adjacent to an activating group) is 1.